The van der Waals surface area contributed by atoms with Crippen LogP contribution < -0.4 is 5.73 Å². The Labute approximate surface area is 99.1 Å². The lowest BCUT2D eigenvalue weighted by molar-refractivity contribution is -0.142. The summed E-state index contributed by atoms with van der Waals surface area (Å²) in [6.07, 6.45) is 0.629. The Morgan fingerprint density at radius 3 is 2.31 bits per heavy atom. The monoisotopic (exact) mass is 230 g/mol. The Morgan fingerprint density at radius 2 is 1.94 bits per heavy atom. The number of nitrogens with two attached hydrogens (primary N) is 1. The summed E-state index contributed by atoms with van der Waals surface area (Å²) in [5, 5.41) is 0. The first-order valence-corrected chi connectivity index (χ1v) is 5.73. The van der Waals surface area contributed by atoms with Crippen LogP contribution in [0.3, 0.4) is 0 Å². The zero-order valence-electron chi connectivity index (χ0n) is 11.4. The summed E-state index contributed by atoms with van der Waals surface area (Å²) < 4.78 is 4.59. The van der Waals surface area contributed by atoms with Gasteiger partial charge in [0.2, 0.25) is 0 Å². The smallest absolute Gasteiger partial charge is 0.322 e. The van der Waals surface area contributed by atoms with E-state index in [4.69, 9.17) is 5.73 Å². The van der Waals surface area contributed by atoms with Crippen LogP contribution in [-0.4, -0.2) is 43.7 Å². The molecule has 2 atom stereocenters. The molecule has 0 amide bonds. The van der Waals surface area contributed by atoms with Crippen molar-refractivity contribution in [3.05, 3.63) is 0 Å². The van der Waals surface area contributed by atoms with E-state index in [2.05, 4.69) is 44.4 Å². The molecule has 0 heterocycles. The van der Waals surface area contributed by atoms with E-state index < -0.39 is 6.04 Å². The van der Waals surface area contributed by atoms with Crippen molar-refractivity contribution in [1.82, 2.24) is 4.90 Å². The molecule has 0 aromatic carbocycles. The quantitative estimate of drug-likeness (QED) is 0.722. The van der Waals surface area contributed by atoms with E-state index in [9.17, 15) is 4.79 Å². The second kappa shape index (κ2) is 6.21. The van der Waals surface area contributed by atoms with Gasteiger partial charge in [-0.1, -0.05) is 20.8 Å². The minimum atomic E-state index is -0.514. The van der Waals surface area contributed by atoms with Crippen LogP contribution in [0.25, 0.3) is 0 Å². The van der Waals surface area contributed by atoms with Gasteiger partial charge < -0.3 is 15.4 Å². The predicted molar refractivity (Wildman–Crippen MR) is 66.2 cm³/mol. The van der Waals surface area contributed by atoms with Gasteiger partial charge in [-0.05, 0) is 25.8 Å². The second-order valence-electron chi connectivity index (χ2n) is 5.44. The number of rotatable bonds is 5. The molecule has 4 nitrogen and oxygen atoms in total. The van der Waals surface area contributed by atoms with Gasteiger partial charge in [0.05, 0.1) is 7.11 Å². The van der Waals surface area contributed by atoms with Gasteiger partial charge in [-0.3, -0.25) is 4.79 Å². The number of methoxy groups -OCH3 is 1. The van der Waals surface area contributed by atoms with Crippen molar-refractivity contribution in [3.63, 3.8) is 0 Å². The number of hydrogen-bond donors (Lipinski definition) is 1. The molecule has 0 rings (SSSR count). The Hall–Kier alpha value is -0.610. The van der Waals surface area contributed by atoms with Crippen molar-refractivity contribution in [2.75, 3.05) is 20.7 Å². The molecule has 4 heteroatoms. The zero-order chi connectivity index (χ0) is 12.9. The predicted octanol–water partition coefficient (Wildman–Crippen LogP) is 1.24. The van der Waals surface area contributed by atoms with Crippen LogP contribution in [-0.2, 0) is 9.53 Å². The fourth-order valence-electron chi connectivity index (χ4n) is 1.47. The van der Waals surface area contributed by atoms with Crippen molar-refractivity contribution >= 4 is 5.97 Å². The summed E-state index contributed by atoms with van der Waals surface area (Å²) in [5.41, 5.74) is 5.91. The number of carbonyl (C=O) groups is 1. The average Bonchev–Trinajstić information content (AvgIpc) is 2.21. The third-order valence-electron chi connectivity index (χ3n) is 3.21. The number of carbonyl (C=O) groups excluding carboxylic acids is 1. The molecule has 0 spiro atoms. The molecule has 0 fully saturated rings. The van der Waals surface area contributed by atoms with Crippen LogP contribution in [0.1, 0.15) is 34.1 Å². The molecule has 0 aromatic rings. The number of ether oxygens (including phenoxy) is 1. The van der Waals surface area contributed by atoms with E-state index in [0.29, 0.717) is 12.5 Å². The normalized spacial score (nSPS) is 16.0. The first-order chi connectivity index (χ1) is 7.20. The third-order valence-corrected chi connectivity index (χ3v) is 3.21. The Balaban J connectivity index is 4.07. The zero-order valence-corrected chi connectivity index (χ0v) is 11.4. The summed E-state index contributed by atoms with van der Waals surface area (Å²) in [6, 6.07) is -0.0723. The molecule has 0 aromatic heterocycles. The van der Waals surface area contributed by atoms with E-state index >= 15 is 0 Å². The van der Waals surface area contributed by atoms with Crippen LogP contribution in [0.15, 0.2) is 0 Å². The molecule has 0 radical (unpaired) electrons. The van der Waals surface area contributed by atoms with Crippen molar-refractivity contribution in [2.45, 2.75) is 46.2 Å². The molecule has 0 aliphatic heterocycles. The summed E-state index contributed by atoms with van der Waals surface area (Å²) in [5.74, 6) is -0.336. The van der Waals surface area contributed by atoms with Crippen LogP contribution in [0.2, 0.25) is 0 Å². The van der Waals surface area contributed by atoms with E-state index in [-0.39, 0.29) is 11.4 Å². The fraction of sp³-hybridized carbons (Fsp3) is 0.917. The van der Waals surface area contributed by atoms with Gasteiger partial charge in [0.25, 0.3) is 0 Å². The average molecular weight is 230 g/mol. The Morgan fingerprint density at radius 1 is 1.44 bits per heavy atom. The molecule has 16 heavy (non-hydrogen) atoms. The molecular weight excluding hydrogens is 204 g/mol. The minimum Gasteiger partial charge on any atom is -0.468 e. The lowest BCUT2D eigenvalue weighted by atomic mass is 9.87. The minimum absolute atomic E-state index is 0.226. The molecule has 0 aliphatic carbocycles. The van der Waals surface area contributed by atoms with Crippen LogP contribution >= 0.6 is 0 Å². The van der Waals surface area contributed by atoms with Crippen molar-refractivity contribution < 1.29 is 9.53 Å². The maximum Gasteiger partial charge on any atom is 0.322 e. The number of nitrogens with zero attached hydrogens (tertiary/aromatic N) is 1. The molecule has 96 valence electrons. The molecule has 0 saturated heterocycles. The molecule has 0 saturated carbocycles. The highest BCUT2D eigenvalue weighted by molar-refractivity contribution is 5.75. The Kier molecular flexibility index (Phi) is 5.97. The number of esters is 1. The molecule has 2 N–H and O–H groups in total. The van der Waals surface area contributed by atoms with Gasteiger partial charge in [-0.25, -0.2) is 0 Å². The SMILES string of the molecule is COC(=O)C(N)CCN(C)C(C)C(C)(C)C. The highest BCUT2D eigenvalue weighted by atomic mass is 16.5. The topological polar surface area (TPSA) is 55.6 Å². The lowest BCUT2D eigenvalue weighted by Crippen LogP contribution is -2.42. The van der Waals surface area contributed by atoms with Gasteiger partial charge in [-0.15, -0.1) is 0 Å². The third kappa shape index (κ3) is 4.94. The van der Waals surface area contributed by atoms with E-state index in [1.165, 1.54) is 7.11 Å². The van der Waals surface area contributed by atoms with Crippen molar-refractivity contribution in [3.8, 4) is 0 Å². The standard InChI is InChI=1S/C12H26N2O2/c1-9(12(2,3)4)14(5)8-7-10(13)11(15)16-6/h9-10H,7-8,13H2,1-6H3. The van der Waals surface area contributed by atoms with Gasteiger partial charge in [0.1, 0.15) is 6.04 Å². The van der Waals surface area contributed by atoms with E-state index in [0.717, 1.165) is 6.54 Å². The largest absolute Gasteiger partial charge is 0.468 e. The summed E-state index contributed by atoms with van der Waals surface area (Å²) in [7, 11) is 3.42. The van der Waals surface area contributed by atoms with Gasteiger partial charge >= 0.3 is 5.97 Å². The maximum absolute atomic E-state index is 11.1. The van der Waals surface area contributed by atoms with Crippen LogP contribution in [0, 0.1) is 5.41 Å². The van der Waals surface area contributed by atoms with Gasteiger partial charge in [0, 0.05) is 12.6 Å². The second-order valence-corrected chi connectivity index (χ2v) is 5.44. The first kappa shape index (κ1) is 15.4. The molecular formula is C12H26N2O2. The summed E-state index contributed by atoms with van der Waals surface area (Å²) in [4.78, 5) is 13.4. The molecule has 2 unspecified atom stereocenters. The van der Waals surface area contributed by atoms with Crippen molar-refractivity contribution in [1.29, 1.82) is 0 Å². The molecule has 0 bridgehead atoms. The van der Waals surface area contributed by atoms with E-state index in [1.54, 1.807) is 0 Å². The van der Waals surface area contributed by atoms with Gasteiger partial charge in [0.15, 0.2) is 0 Å². The van der Waals surface area contributed by atoms with Crippen LogP contribution in [0.5, 0.6) is 0 Å². The Bertz CT molecular complexity index is 224. The maximum atomic E-state index is 11.1. The molecule has 0 aliphatic rings. The first-order valence-electron chi connectivity index (χ1n) is 5.73. The van der Waals surface area contributed by atoms with Gasteiger partial charge in [-0.2, -0.15) is 0 Å². The number of hydrogen-bond acceptors (Lipinski definition) is 4. The highest BCUT2D eigenvalue weighted by Gasteiger charge is 2.24. The van der Waals surface area contributed by atoms with Crippen LogP contribution in [0.4, 0.5) is 0 Å². The highest BCUT2D eigenvalue weighted by Crippen LogP contribution is 2.22. The summed E-state index contributed by atoms with van der Waals surface area (Å²) in [6.45, 7) is 9.59. The summed E-state index contributed by atoms with van der Waals surface area (Å²) >= 11 is 0. The fourth-order valence-corrected chi connectivity index (χ4v) is 1.47. The van der Waals surface area contributed by atoms with Crippen molar-refractivity contribution in [2.24, 2.45) is 11.1 Å². The van der Waals surface area contributed by atoms with E-state index in [1.807, 2.05) is 0 Å². The lowest BCUT2D eigenvalue weighted by Gasteiger charge is -2.35.